The monoisotopic (exact) mass is 481 g/mol. The number of anilines is 1. The van der Waals surface area contributed by atoms with Gasteiger partial charge in [0.2, 0.25) is 0 Å². The van der Waals surface area contributed by atoms with E-state index < -0.39 is 12.0 Å². The number of amides is 2. The lowest BCUT2D eigenvalue weighted by atomic mass is 10.00. The van der Waals surface area contributed by atoms with Crippen molar-refractivity contribution in [3.05, 3.63) is 53.5 Å². The Morgan fingerprint density at radius 2 is 2.03 bits per heavy atom. The van der Waals surface area contributed by atoms with Crippen LogP contribution in [0.5, 0.6) is 0 Å². The number of carbonyl (C=O) groups is 2. The molecule has 35 heavy (non-hydrogen) atoms. The van der Waals surface area contributed by atoms with Gasteiger partial charge in [-0.05, 0) is 30.9 Å². The minimum Gasteiger partial charge on any atom is -0.410 e. The largest absolute Gasteiger partial charge is 0.410 e. The molecule has 1 saturated heterocycles. The Hall–Kier alpha value is -3.57. The van der Waals surface area contributed by atoms with Gasteiger partial charge in [-0.3, -0.25) is 14.5 Å². The summed E-state index contributed by atoms with van der Waals surface area (Å²) in [6, 6.07) is 9.83. The maximum atomic E-state index is 12.6. The van der Waals surface area contributed by atoms with E-state index in [-0.39, 0.29) is 29.9 Å². The number of aliphatic hydroxyl groups excluding tert-OH is 1. The van der Waals surface area contributed by atoms with E-state index in [2.05, 4.69) is 42.8 Å². The van der Waals surface area contributed by atoms with Crippen molar-refractivity contribution in [3.8, 4) is 0 Å². The molecule has 0 saturated carbocycles. The number of likely N-dealkylation sites (tertiary alicyclic amines) is 1. The summed E-state index contributed by atoms with van der Waals surface area (Å²) in [5, 5.41) is 28.2. The number of fused-ring (bicyclic) bond motifs is 1. The van der Waals surface area contributed by atoms with Crippen LogP contribution in [0.25, 0.3) is 0 Å². The van der Waals surface area contributed by atoms with Gasteiger partial charge in [0.25, 0.3) is 11.8 Å². The number of hydrogen-bond acceptors (Lipinski definition) is 9. The molecule has 2 aromatic rings. The van der Waals surface area contributed by atoms with Crippen LogP contribution in [0.2, 0.25) is 0 Å². The molecule has 0 aliphatic carbocycles. The molecule has 1 aromatic carbocycles. The molecule has 4 N–H and O–H groups in total. The lowest BCUT2D eigenvalue weighted by Gasteiger charge is -2.30. The predicted octanol–water partition coefficient (Wildman–Crippen LogP) is 0.489. The highest BCUT2D eigenvalue weighted by Crippen LogP contribution is 2.18. The minimum atomic E-state index is -0.698. The fourth-order valence-electron chi connectivity index (χ4n) is 4.48. The normalized spacial score (nSPS) is 19.2. The molecule has 3 heterocycles. The second-order valence-corrected chi connectivity index (χ2v) is 8.97. The third-order valence-corrected chi connectivity index (χ3v) is 6.36. The average molecular weight is 482 g/mol. The van der Waals surface area contributed by atoms with Gasteiger partial charge in [0.15, 0.2) is 0 Å². The van der Waals surface area contributed by atoms with Crippen LogP contribution in [0.15, 0.2) is 41.8 Å². The first kappa shape index (κ1) is 24.6. The highest BCUT2D eigenvalue weighted by Gasteiger charge is 2.28. The number of β-amino-alcohol motifs (C(OH)–C–C–N with tert-alkyl or cyclic N) is 1. The number of aromatic nitrogens is 2. The average Bonchev–Trinajstić information content (AvgIpc) is 3.34. The Labute approximate surface area is 203 Å². The van der Waals surface area contributed by atoms with Crippen LogP contribution in [0.3, 0.4) is 0 Å². The van der Waals surface area contributed by atoms with E-state index in [0.717, 1.165) is 19.5 Å². The Balaban J connectivity index is 1.24. The minimum absolute atomic E-state index is 0.0407. The van der Waals surface area contributed by atoms with Gasteiger partial charge in [0, 0.05) is 51.4 Å². The molecule has 2 aliphatic heterocycles. The lowest BCUT2D eigenvalue weighted by Crippen LogP contribution is -2.42. The van der Waals surface area contributed by atoms with E-state index in [1.807, 2.05) is 12.1 Å². The smallest absolute Gasteiger partial charge is 0.271 e. The first-order valence-electron chi connectivity index (χ1n) is 11.7. The third-order valence-electron chi connectivity index (χ3n) is 6.36. The number of aliphatic hydroxyl groups is 1. The first-order valence-corrected chi connectivity index (χ1v) is 11.7. The van der Waals surface area contributed by atoms with Gasteiger partial charge in [-0.2, -0.15) is 0 Å². The zero-order valence-electron chi connectivity index (χ0n) is 19.7. The number of hydrogen-bond donors (Lipinski definition) is 4. The quantitative estimate of drug-likeness (QED) is 0.242. The molecule has 2 amide bonds. The molecule has 2 unspecified atom stereocenters. The Morgan fingerprint density at radius 3 is 2.83 bits per heavy atom. The fourth-order valence-corrected chi connectivity index (χ4v) is 4.48. The molecule has 4 rings (SSSR count). The summed E-state index contributed by atoms with van der Waals surface area (Å²) >= 11 is 0. The van der Waals surface area contributed by atoms with Gasteiger partial charge in [-0.1, -0.05) is 29.4 Å². The standard InChI is InChI=1S/C24H31N7O4/c1-16(29-35)24(34)31-9-7-19(13-31)28-22-10-21(26-15-27-22)23(33)25-11-20(32)14-30-8-6-17-4-2-3-5-18(17)12-30/h2-5,10,15,19-20,32,35H,6-9,11-14H2,1H3,(H,25,33)(H,26,27,28). The molecule has 186 valence electrons. The van der Waals surface area contributed by atoms with E-state index in [9.17, 15) is 14.7 Å². The molecule has 0 radical (unpaired) electrons. The van der Waals surface area contributed by atoms with E-state index in [0.29, 0.717) is 31.9 Å². The van der Waals surface area contributed by atoms with Crippen LogP contribution in [-0.4, -0.2) is 92.5 Å². The molecule has 2 aliphatic rings. The Morgan fingerprint density at radius 1 is 1.23 bits per heavy atom. The Bertz CT molecular complexity index is 1090. The van der Waals surface area contributed by atoms with Crippen molar-refractivity contribution in [2.75, 3.05) is 38.0 Å². The molecule has 11 nitrogen and oxygen atoms in total. The number of benzene rings is 1. The molecule has 2 atom stereocenters. The number of rotatable bonds is 8. The van der Waals surface area contributed by atoms with Crippen molar-refractivity contribution in [2.45, 2.75) is 38.5 Å². The highest BCUT2D eigenvalue weighted by molar-refractivity contribution is 6.37. The molecule has 11 heteroatoms. The van der Waals surface area contributed by atoms with Gasteiger partial charge in [-0.15, -0.1) is 0 Å². The first-order chi connectivity index (χ1) is 16.9. The van der Waals surface area contributed by atoms with Crippen molar-refractivity contribution in [3.63, 3.8) is 0 Å². The lowest BCUT2D eigenvalue weighted by molar-refractivity contribution is -0.123. The van der Waals surface area contributed by atoms with Gasteiger partial charge >= 0.3 is 0 Å². The third kappa shape index (κ3) is 6.31. The second kappa shape index (κ2) is 11.2. The molecule has 1 aromatic heterocycles. The summed E-state index contributed by atoms with van der Waals surface area (Å²) in [7, 11) is 0. The van der Waals surface area contributed by atoms with Crippen molar-refractivity contribution in [2.24, 2.45) is 5.16 Å². The number of nitrogens with zero attached hydrogens (tertiary/aromatic N) is 5. The van der Waals surface area contributed by atoms with Crippen molar-refractivity contribution in [1.82, 2.24) is 25.1 Å². The van der Waals surface area contributed by atoms with Crippen LogP contribution >= 0.6 is 0 Å². The summed E-state index contributed by atoms with van der Waals surface area (Å²) in [5.41, 5.74) is 2.86. The van der Waals surface area contributed by atoms with E-state index >= 15 is 0 Å². The van der Waals surface area contributed by atoms with Gasteiger partial charge in [0.05, 0.1) is 6.10 Å². The molecular formula is C24H31N7O4. The summed E-state index contributed by atoms with van der Waals surface area (Å²) in [5.74, 6) is -0.229. The highest BCUT2D eigenvalue weighted by atomic mass is 16.4. The maximum absolute atomic E-state index is 12.6. The van der Waals surface area contributed by atoms with Gasteiger partial charge in [-0.25, -0.2) is 9.97 Å². The van der Waals surface area contributed by atoms with Crippen molar-refractivity contribution < 1.29 is 19.9 Å². The van der Waals surface area contributed by atoms with Crippen LogP contribution in [0.1, 0.15) is 35.0 Å². The topological polar surface area (TPSA) is 143 Å². The molecular weight excluding hydrogens is 450 g/mol. The summed E-state index contributed by atoms with van der Waals surface area (Å²) in [4.78, 5) is 36.7. The number of carbonyl (C=O) groups excluding carboxylic acids is 2. The summed E-state index contributed by atoms with van der Waals surface area (Å²) in [6.45, 7) is 4.68. The molecule has 0 bridgehead atoms. The van der Waals surface area contributed by atoms with E-state index in [4.69, 9.17) is 5.21 Å². The van der Waals surface area contributed by atoms with Gasteiger partial charge in [0.1, 0.15) is 23.6 Å². The number of nitrogens with one attached hydrogen (secondary N) is 2. The van der Waals surface area contributed by atoms with Crippen molar-refractivity contribution in [1.29, 1.82) is 0 Å². The zero-order valence-corrected chi connectivity index (χ0v) is 19.7. The maximum Gasteiger partial charge on any atom is 0.271 e. The SMILES string of the molecule is CC(=NO)C(=O)N1CCC(Nc2cc(C(=O)NCC(O)CN3CCc4ccccc4C3)ncn2)C1. The van der Waals surface area contributed by atoms with Crippen molar-refractivity contribution >= 4 is 23.3 Å². The van der Waals surface area contributed by atoms with Gasteiger partial charge < -0.3 is 25.8 Å². The van der Waals surface area contributed by atoms with Crippen LogP contribution in [-0.2, 0) is 17.8 Å². The molecule has 0 spiro atoms. The second-order valence-electron chi connectivity index (χ2n) is 8.97. The van der Waals surface area contributed by atoms with Crippen LogP contribution in [0, 0.1) is 0 Å². The van der Waals surface area contributed by atoms with E-state index in [1.165, 1.54) is 24.4 Å². The van der Waals surface area contributed by atoms with Crippen LogP contribution in [0.4, 0.5) is 5.82 Å². The molecule has 1 fully saturated rings. The Kier molecular flexibility index (Phi) is 7.88. The van der Waals surface area contributed by atoms with E-state index in [1.54, 1.807) is 11.0 Å². The summed E-state index contributed by atoms with van der Waals surface area (Å²) < 4.78 is 0. The summed E-state index contributed by atoms with van der Waals surface area (Å²) in [6.07, 6.45) is 2.26. The zero-order chi connectivity index (χ0) is 24.8. The predicted molar refractivity (Wildman–Crippen MR) is 129 cm³/mol. The number of oxime groups is 1. The van der Waals surface area contributed by atoms with Crippen LogP contribution < -0.4 is 10.6 Å². The fraction of sp³-hybridized carbons (Fsp3) is 0.458.